The molecule has 0 aliphatic heterocycles. The van der Waals surface area contributed by atoms with E-state index in [1.165, 1.54) is 30.9 Å². The lowest BCUT2D eigenvalue weighted by molar-refractivity contribution is 0.673. The Morgan fingerprint density at radius 2 is 1.06 bits per heavy atom. The van der Waals surface area contributed by atoms with E-state index in [-0.39, 0.29) is 0 Å². The quantitative estimate of drug-likeness (QED) is 0.183. The van der Waals surface area contributed by atoms with E-state index in [4.69, 9.17) is 27.6 Å². The van der Waals surface area contributed by atoms with Gasteiger partial charge in [-0.15, -0.1) is 11.3 Å². The highest BCUT2D eigenvalue weighted by Crippen LogP contribution is 2.49. The van der Waals surface area contributed by atoms with Crippen LogP contribution < -0.4 is 4.90 Å². The molecule has 2 aromatic heterocycles. The summed E-state index contributed by atoms with van der Waals surface area (Å²) in [5, 5.41) is 10.5. The van der Waals surface area contributed by atoms with Gasteiger partial charge in [0.15, 0.2) is 0 Å². The lowest BCUT2D eigenvalue weighted by atomic mass is 9.99. The second-order valence-electron chi connectivity index (χ2n) is 12.4. The van der Waals surface area contributed by atoms with Crippen molar-refractivity contribution in [1.29, 1.82) is 0 Å². The first kappa shape index (κ1) is 28.7. The minimum absolute atomic E-state index is 0.602. The zero-order valence-electron chi connectivity index (χ0n) is 26.0. The van der Waals surface area contributed by atoms with Gasteiger partial charge in [0.2, 0.25) is 0 Å². The van der Waals surface area contributed by atoms with E-state index in [2.05, 4.69) is 138 Å². The summed E-state index contributed by atoms with van der Waals surface area (Å²) >= 11 is 14.6. The Kier molecular flexibility index (Phi) is 6.50. The Morgan fingerprint density at radius 1 is 0.449 bits per heavy atom. The molecule has 0 radical (unpaired) electrons. The molecular weight excluding hydrogens is 661 g/mol. The number of fused-ring (bicyclic) bond motifs is 10. The van der Waals surface area contributed by atoms with Crippen molar-refractivity contribution < 1.29 is 4.42 Å². The predicted octanol–water partition coefficient (Wildman–Crippen LogP) is 14.7. The van der Waals surface area contributed by atoms with Gasteiger partial charge in [0.1, 0.15) is 11.2 Å². The summed E-state index contributed by atoms with van der Waals surface area (Å²) in [6.07, 6.45) is 0. The molecule has 10 aromatic rings. The largest absolute Gasteiger partial charge is 0.455 e. The number of rotatable bonds is 4. The molecule has 0 fully saturated rings. The molecule has 0 N–H and O–H groups in total. The molecule has 10 rings (SSSR count). The van der Waals surface area contributed by atoms with Crippen LogP contribution >= 0.6 is 34.5 Å². The monoisotopic (exact) mass is 685 g/mol. The van der Waals surface area contributed by atoms with Crippen molar-refractivity contribution in [3.63, 3.8) is 0 Å². The van der Waals surface area contributed by atoms with Crippen molar-refractivity contribution in [1.82, 2.24) is 0 Å². The van der Waals surface area contributed by atoms with Crippen LogP contribution in [0.4, 0.5) is 17.1 Å². The van der Waals surface area contributed by atoms with Gasteiger partial charge in [-0.2, -0.15) is 0 Å². The van der Waals surface area contributed by atoms with Gasteiger partial charge in [-0.25, -0.2) is 0 Å². The molecule has 0 atom stereocenters. The van der Waals surface area contributed by atoms with Gasteiger partial charge in [0, 0.05) is 68.2 Å². The SMILES string of the molecule is Clc1cc(Cl)cc(-c2ccc3c(c2)oc2c4ccccc4c(N(c4ccccc4)c4cc5c6ccccc6sc5c5ccccc45)cc32)c1. The molecule has 0 spiro atoms. The molecule has 232 valence electrons. The fourth-order valence-corrected chi connectivity index (χ4v) is 9.11. The first-order valence-electron chi connectivity index (χ1n) is 16.1. The van der Waals surface area contributed by atoms with Crippen molar-refractivity contribution in [2.75, 3.05) is 4.90 Å². The smallest absolute Gasteiger partial charge is 0.143 e. The zero-order valence-corrected chi connectivity index (χ0v) is 28.3. The Morgan fingerprint density at radius 3 is 1.82 bits per heavy atom. The van der Waals surface area contributed by atoms with Crippen molar-refractivity contribution in [2.24, 2.45) is 0 Å². The summed E-state index contributed by atoms with van der Waals surface area (Å²) in [7, 11) is 0. The second-order valence-corrected chi connectivity index (χ2v) is 14.3. The molecule has 0 unspecified atom stereocenters. The predicted molar refractivity (Wildman–Crippen MR) is 212 cm³/mol. The van der Waals surface area contributed by atoms with Crippen molar-refractivity contribution in [2.45, 2.75) is 0 Å². The number of furan rings is 1. The molecule has 0 amide bonds. The number of thiophene rings is 1. The lowest BCUT2D eigenvalue weighted by Gasteiger charge is -2.28. The lowest BCUT2D eigenvalue weighted by Crippen LogP contribution is -2.11. The van der Waals surface area contributed by atoms with Crippen LogP contribution in [0.1, 0.15) is 0 Å². The molecule has 2 heterocycles. The summed E-state index contributed by atoms with van der Waals surface area (Å²) in [4.78, 5) is 2.43. The molecule has 0 aliphatic carbocycles. The molecule has 5 heteroatoms. The van der Waals surface area contributed by atoms with Crippen LogP contribution in [0.3, 0.4) is 0 Å². The number of nitrogens with zero attached hydrogens (tertiary/aromatic N) is 1. The minimum Gasteiger partial charge on any atom is -0.455 e. The van der Waals surface area contributed by atoms with Gasteiger partial charge in [0.05, 0.1) is 11.4 Å². The standard InChI is InChI=1S/C44H25Cl2NOS/c45-28-20-27(21-29(46)23-28)26-18-19-33-37-24-39(31-12-4-6-15-35(31)43(37)48-41(33)22-26)47(30-10-2-1-3-11-30)40-25-38-34-14-8-9-17-42(34)49-44(38)36-16-7-5-13-32(36)40/h1-25H. The van der Waals surface area contributed by atoms with Crippen LogP contribution in [0.15, 0.2) is 156 Å². The summed E-state index contributed by atoms with van der Waals surface area (Å²) in [6.45, 7) is 0. The minimum atomic E-state index is 0.602. The zero-order chi connectivity index (χ0) is 32.6. The van der Waals surface area contributed by atoms with Gasteiger partial charge in [-0.1, -0.05) is 114 Å². The Labute approximate surface area is 295 Å². The van der Waals surface area contributed by atoms with Gasteiger partial charge in [-0.05, 0) is 71.8 Å². The van der Waals surface area contributed by atoms with Gasteiger partial charge >= 0.3 is 0 Å². The Balaban J connectivity index is 1.29. The number of hydrogen-bond donors (Lipinski definition) is 0. The highest BCUT2D eigenvalue weighted by molar-refractivity contribution is 7.26. The molecule has 0 aliphatic rings. The van der Waals surface area contributed by atoms with Crippen molar-refractivity contribution in [3.8, 4) is 11.1 Å². The number of anilines is 3. The van der Waals surface area contributed by atoms with Crippen molar-refractivity contribution in [3.05, 3.63) is 162 Å². The summed E-state index contributed by atoms with van der Waals surface area (Å²) in [5.74, 6) is 0. The molecule has 0 saturated carbocycles. The Hall–Kier alpha value is -5.32. The third-order valence-corrected chi connectivity index (χ3v) is 11.2. The van der Waals surface area contributed by atoms with Crippen molar-refractivity contribution >= 4 is 115 Å². The maximum atomic E-state index is 6.72. The van der Waals surface area contributed by atoms with E-state index in [0.717, 1.165) is 60.9 Å². The van der Waals surface area contributed by atoms with E-state index in [1.54, 1.807) is 6.07 Å². The Bertz CT molecular complexity index is 2910. The van der Waals surface area contributed by atoms with E-state index in [0.29, 0.717) is 10.0 Å². The van der Waals surface area contributed by atoms with Gasteiger partial charge in [0.25, 0.3) is 0 Å². The first-order valence-corrected chi connectivity index (χ1v) is 17.7. The van der Waals surface area contributed by atoms with E-state index >= 15 is 0 Å². The fraction of sp³-hybridized carbons (Fsp3) is 0. The van der Waals surface area contributed by atoms with E-state index < -0.39 is 0 Å². The first-order chi connectivity index (χ1) is 24.1. The number of benzene rings is 8. The van der Waals surface area contributed by atoms with E-state index in [1.807, 2.05) is 23.5 Å². The van der Waals surface area contributed by atoms with Crippen LogP contribution in [0.5, 0.6) is 0 Å². The normalized spacial score (nSPS) is 11.9. The van der Waals surface area contributed by atoms with Gasteiger partial charge < -0.3 is 9.32 Å². The average molecular weight is 687 g/mol. The summed E-state index contributed by atoms with van der Waals surface area (Å²) < 4.78 is 9.32. The summed E-state index contributed by atoms with van der Waals surface area (Å²) in [6, 6.07) is 53.4. The van der Waals surface area contributed by atoms with Crippen LogP contribution in [0, 0.1) is 0 Å². The van der Waals surface area contributed by atoms with Crippen LogP contribution in [0.2, 0.25) is 10.0 Å². The molecule has 2 nitrogen and oxygen atoms in total. The second kappa shape index (κ2) is 11.1. The maximum absolute atomic E-state index is 6.72. The number of hydrogen-bond acceptors (Lipinski definition) is 3. The molecule has 49 heavy (non-hydrogen) atoms. The van der Waals surface area contributed by atoms with Crippen LogP contribution in [0.25, 0.3) is 74.8 Å². The number of halogens is 2. The topological polar surface area (TPSA) is 16.4 Å². The van der Waals surface area contributed by atoms with Crippen LogP contribution in [-0.4, -0.2) is 0 Å². The van der Waals surface area contributed by atoms with Gasteiger partial charge in [-0.3, -0.25) is 0 Å². The highest BCUT2D eigenvalue weighted by Gasteiger charge is 2.23. The molecule has 0 bridgehead atoms. The van der Waals surface area contributed by atoms with E-state index in [9.17, 15) is 0 Å². The molecule has 8 aromatic carbocycles. The third kappa shape index (κ3) is 4.54. The number of para-hydroxylation sites is 1. The molecule has 0 saturated heterocycles. The maximum Gasteiger partial charge on any atom is 0.143 e. The average Bonchev–Trinajstić information content (AvgIpc) is 3.70. The molecular formula is C44H25Cl2NOS. The summed E-state index contributed by atoms with van der Waals surface area (Å²) in [5.41, 5.74) is 6.94. The highest BCUT2D eigenvalue weighted by atomic mass is 35.5. The fourth-order valence-electron chi connectivity index (χ4n) is 7.36. The third-order valence-electron chi connectivity index (χ3n) is 9.51. The van der Waals surface area contributed by atoms with Crippen LogP contribution in [-0.2, 0) is 0 Å².